The van der Waals surface area contributed by atoms with Crippen molar-refractivity contribution >= 4 is 6.41 Å². The first-order chi connectivity index (χ1) is 5.38. The second-order valence-electron chi connectivity index (χ2n) is 2.74. The fraction of sp³-hybridized carbons (Fsp3) is 0.857. The van der Waals surface area contributed by atoms with Gasteiger partial charge in [0.15, 0.2) is 0 Å². The van der Waals surface area contributed by atoms with Crippen LogP contribution in [-0.2, 0) is 9.63 Å². The highest BCUT2D eigenvalue weighted by Crippen LogP contribution is 2.26. The van der Waals surface area contributed by atoms with Crippen molar-refractivity contribution in [1.82, 2.24) is 10.8 Å². The summed E-state index contributed by atoms with van der Waals surface area (Å²) in [5.41, 5.74) is 2.61. The molecule has 0 radical (unpaired) electrons. The zero-order valence-corrected chi connectivity index (χ0v) is 6.67. The highest BCUT2D eigenvalue weighted by Gasteiger charge is 2.30. The summed E-state index contributed by atoms with van der Waals surface area (Å²) in [7, 11) is 1.74. The quantitative estimate of drug-likeness (QED) is 0.425. The number of carbonyl (C=O) groups excluding carboxylic acids is 1. The van der Waals surface area contributed by atoms with Crippen molar-refractivity contribution < 1.29 is 9.63 Å². The zero-order chi connectivity index (χ0) is 8.10. The summed E-state index contributed by atoms with van der Waals surface area (Å²) in [6.45, 7) is 0.683. The number of hydroxylamine groups is 1. The Morgan fingerprint density at radius 3 is 2.91 bits per heavy atom. The standard InChI is InChI=1S/C7H14N2O2/c1-8-11-4-6-2-3-7(6)9-5-10/h5-8H,2-4H2,1H3,(H,9,10). The number of nitrogens with one attached hydrogen (secondary N) is 2. The van der Waals surface area contributed by atoms with Gasteiger partial charge in [-0.1, -0.05) is 0 Å². The number of amides is 1. The van der Waals surface area contributed by atoms with E-state index < -0.39 is 0 Å². The van der Waals surface area contributed by atoms with Gasteiger partial charge < -0.3 is 10.2 Å². The number of rotatable bonds is 5. The summed E-state index contributed by atoms with van der Waals surface area (Å²) in [4.78, 5) is 15.1. The van der Waals surface area contributed by atoms with Crippen LogP contribution in [0.3, 0.4) is 0 Å². The molecule has 2 N–H and O–H groups in total. The molecule has 1 saturated carbocycles. The van der Waals surface area contributed by atoms with Gasteiger partial charge in [0.2, 0.25) is 6.41 Å². The lowest BCUT2D eigenvalue weighted by molar-refractivity contribution is -0.111. The van der Waals surface area contributed by atoms with Crippen LogP contribution in [0.1, 0.15) is 12.8 Å². The van der Waals surface area contributed by atoms with Crippen LogP contribution in [-0.4, -0.2) is 26.1 Å². The predicted molar refractivity (Wildman–Crippen MR) is 40.7 cm³/mol. The van der Waals surface area contributed by atoms with Gasteiger partial charge in [-0.05, 0) is 12.8 Å². The van der Waals surface area contributed by atoms with Gasteiger partial charge in [-0.15, -0.1) is 0 Å². The summed E-state index contributed by atoms with van der Waals surface area (Å²) < 4.78 is 0. The topological polar surface area (TPSA) is 50.4 Å². The molecule has 2 atom stereocenters. The molecule has 4 heteroatoms. The Morgan fingerprint density at radius 2 is 2.45 bits per heavy atom. The maximum absolute atomic E-state index is 10.1. The molecule has 1 rings (SSSR count). The van der Waals surface area contributed by atoms with E-state index in [4.69, 9.17) is 4.84 Å². The van der Waals surface area contributed by atoms with Gasteiger partial charge in [0.25, 0.3) is 0 Å². The third-order valence-electron chi connectivity index (χ3n) is 2.14. The Hall–Kier alpha value is -0.610. The van der Waals surface area contributed by atoms with Gasteiger partial charge in [-0.25, -0.2) is 5.48 Å². The number of hydrogen-bond donors (Lipinski definition) is 2. The van der Waals surface area contributed by atoms with Crippen LogP contribution < -0.4 is 10.8 Å². The Morgan fingerprint density at radius 1 is 1.64 bits per heavy atom. The van der Waals surface area contributed by atoms with Gasteiger partial charge in [0, 0.05) is 19.0 Å². The molecule has 0 aromatic heterocycles. The molecule has 64 valence electrons. The second kappa shape index (κ2) is 4.31. The highest BCUT2D eigenvalue weighted by atomic mass is 16.6. The maximum atomic E-state index is 10.1. The highest BCUT2D eigenvalue weighted by molar-refractivity contribution is 5.47. The summed E-state index contributed by atoms with van der Waals surface area (Å²) in [5.74, 6) is 0.493. The molecular weight excluding hydrogens is 144 g/mol. The van der Waals surface area contributed by atoms with Crippen LogP contribution >= 0.6 is 0 Å². The fourth-order valence-corrected chi connectivity index (χ4v) is 1.27. The first kappa shape index (κ1) is 8.49. The van der Waals surface area contributed by atoms with Crippen molar-refractivity contribution in [2.24, 2.45) is 5.92 Å². The molecule has 0 heterocycles. The average molecular weight is 158 g/mol. The van der Waals surface area contributed by atoms with E-state index in [9.17, 15) is 4.79 Å². The normalized spacial score (nSPS) is 29.2. The van der Waals surface area contributed by atoms with Gasteiger partial charge in [0.1, 0.15) is 0 Å². The largest absolute Gasteiger partial charge is 0.356 e. The Balaban J connectivity index is 2.09. The van der Waals surface area contributed by atoms with Crippen LogP contribution in [0.25, 0.3) is 0 Å². The van der Waals surface area contributed by atoms with Crippen molar-refractivity contribution in [3.8, 4) is 0 Å². The second-order valence-corrected chi connectivity index (χ2v) is 2.74. The number of carbonyl (C=O) groups is 1. The van der Waals surface area contributed by atoms with Gasteiger partial charge in [0.05, 0.1) is 6.61 Å². The van der Waals surface area contributed by atoms with Crippen LogP contribution in [0.4, 0.5) is 0 Å². The zero-order valence-electron chi connectivity index (χ0n) is 6.67. The monoisotopic (exact) mass is 158 g/mol. The fourth-order valence-electron chi connectivity index (χ4n) is 1.27. The first-order valence-corrected chi connectivity index (χ1v) is 3.86. The molecule has 1 amide bonds. The van der Waals surface area contributed by atoms with Crippen LogP contribution in [0.5, 0.6) is 0 Å². The van der Waals surface area contributed by atoms with Crippen molar-refractivity contribution in [2.45, 2.75) is 18.9 Å². The number of hydrogen-bond acceptors (Lipinski definition) is 3. The van der Waals surface area contributed by atoms with E-state index in [1.54, 1.807) is 7.05 Å². The lowest BCUT2D eigenvalue weighted by Crippen LogP contribution is -2.45. The molecular formula is C7H14N2O2. The van der Waals surface area contributed by atoms with Gasteiger partial charge in [-0.2, -0.15) is 0 Å². The third kappa shape index (κ3) is 2.17. The molecule has 1 aliphatic rings. The molecule has 0 aromatic rings. The molecule has 0 saturated heterocycles. The Bertz CT molecular complexity index is 130. The Labute approximate surface area is 66.3 Å². The lowest BCUT2D eigenvalue weighted by atomic mass is 9.80. The smallest absolute Gasteiger partial charge is 0.207 e. The van der Waals surface area contributed by atoms with E-state index in [2.05, 4.69) is 10.8 Å². The molecule has 4 nitrogen and oxygen atoms in total. The third-order valence-corrected chi connectivity index (χ3v) is 2.14. The van der Waals surface area contributed by atoms with Crippen molar-refractivity contribution in [1.29, 1.82) is 0 Å². The molecule has 0 aromatic carbocycles. The van der Waals surface area contributed by atoms with Crippen molar-refractivity contribution in [3.05, 3.63) is 0 Å². The Kier molecular flexibility index (Phi) is 3.32. The van der Waals surface area contributed by atoms with Gasteiger partial charge >= 0.3 is 0 Å². The molecule has 11 heavy (non-hydrogen) atoms. The average Bonchev–Trinajstić information content (AvgIpc) is 1.99. The van der Waals surface area contributed by atoms with E-state index in [1.165, 1.54) is 0 Å². The van der Waals surface area contributed by atoms with Crippen molar-refractivity contribution in [3.63, 3.8) is 0 Å². The molecule has 1 aliphatic carbocycles. The minimum atomic E-state index is 0.334. The molecule has 2 unspecified atom stereocenters. The summed E-state index contributed by atoms with van der Waals surface area (Å²) in [6.07, 6.45) is 2.99. The SMILES string of the molecule is CNOCC1CCC1NC=O. The molecule has 1 fully saturated rings. The van der Waals surface area contributed by atoms with E-state index in [0.29, 0.717) is 18.6 Å². The van der Waals surface area contributed by atoms with E-state index in [1.807, 2.05) is 0 Å². The molecule has 0 aliphatic heterocycles. The van der Waals surface area contributed by atoms with Gasteiger partial charge in [-0.3, -0.25) is 4.79 Å². The van der Waals surface area contributed by atoms with Crippen LogP contribution in [0.2, 0.25) is 0 Å². The van der Waals surface area contributed by atoms with E-state index in [-0.39, 0.29) is 0 Å². The minimum Gasteiger partial charge on any atom is -0.356 e. The first-order valence-electron chi connectivity index (χ1n) is 3.86. The summed E-state index contributed by atoms with van der Waals surface area (Å²) in [5, 5.41) is 2.75. The maximum Gasteiger partial charge on any atom is 0.207 e. The van der Waals surface area contributed by atoms with E-state index in [0.717, 1.165) is 19.3 Å². The predicted octanol–water partition coefficient (Wildman–Crippen LogP) is -0.338. The molecule has 0 bridgehead atoms. The minimum absolute atomic E-state index is 0.334. The van der Waals surface area contributed by atoms with E-state index >= 15 is 0 Å². The molecule has 0 spiro atoms. The van der Waals surface area contributed by atoms with Crippen molar-refractivity contribution in [2.75, 3.05) is 13.7 Å². The lowest BCUT2D eigenvalue weighted by Gasteiger charge is -2.35. The van der Waals surface area contributed by atoms with Crippen LogP contribution in [0.15, 0.2) is 0 Å². The van der Waals surface area contributed by atoms with Crippen LogP contribution in [0, 0.1) is 5.92 Å². The summed E-state index contributed by atoms with van der Waals surface area (Å²) >= 11 is 0. The summed E-state index contributed by atoms with van der Waals surface area (Å²) in [6, 6.07) is 0.334.